The van der Waals surface area contributed by atoms with Gasteiger partial charge in [-0.2, -0.15) is 0 Å². The molecule has 0 aromatic heterocycles. The second-order valence-electron chi connectivity index (χ2n) is 3.16. The predicted octanol–water partition coefficient (Wildman–Crippen LogP) is -0.975. The van der Waals surface area contributed by atoms with Gasteiger partial charge in [-0.1, -0.05) is 0 Å². The third-order valence-corrected chi connectivity index (χ3v) is 2.60. The van der Waals surface area contributed by atoms with Crippen LogP contribution in [0.15, 0.2) is 0 Å². The molecule has 58 valence electrons. The van der Waals surface area contributed by atoms with Gasteiger partial charge in [-0.15, -0.1) is 0 Å². The Bertz CT molecular complexity index is 115. The molecule has 3 heteroatoms. The first kappa shape index (κ1) is 6.58. The van der Waals surface area contributed by atoms with Gasteiger partial charge in [0.15, 0.2) is 0 Å². The van der Waals surface area contributed by atoms with Crippen LogP contribution in [0.5, 0.6) is 0 Å². The van der Waals surface area contributed by atoms with E-state index in [1.807, 2.05) is 0 Å². The molecule has 3 aliphatic heterocycles. The monoisotopic (exact) mass is 142 g/mol. The number of aliphatic hydroxyl groups is 1. The fraction of sp³-hybridized carbons (Fsp3) is 1.00. The number of nitrogens with one attached hydrogen (secondary N) is 1. The highest BCUT2D eigenvalue weighted by Gasteiger charge is 2.40. The number of rotatable bonds is 2. The maximum atomic E-state index is 8.69. The minimum atomic E-state index is 0.313. The summed E-state index contributed by atoms with van der Waals surface area (Å²) < 4.78 is 0. The van der Waals surface area contributed by atoms with Crippen LogP contribution < -0.4 is 5.32 Å². The van der Waals surface area contributed by atoms with Gasteiger partial charge >= 0.3 is 0 Å². The van der Waals surface area contributed by atoms with Crippen molar-refractivity contribution in [1.82, 2.24) is 10.2 Å². The predicted molar refractivity (Wildman–Crippen MR) is 38.9 cm³/mol. The summed E-state index contributed by atoms with van der Waals surface area (Å²) >= 11 is 0. The fourth-order valence-electron chi connectivity index (χ4n) is 2.04. The Morgan fingerprint density at radius 3 is 2.60 bits per heavy atom. The van der Waals surface area contributed by atoms with E-state index in [1.165, 1.54) is 6.42 Å². The Kier molecular flexibility index (Phi) is 1.64. The van der Waals surface area contributed by atoms with Gasteiger partial charge in [0.2, 0.25) is 0 Å². The van der Waals surface area contributed by atoms with Crippen LogP contribution in [0.1, 0.15) is 6.42 Å². The molecular formula is C7H14N2O. The van der Waals surface area contributed by atoms with E-state index in [0.717, 1.165) is 31.7 Å². The first-order chi connectivity index (χ1) is 4.92. The minimum absolute atomic E-state index is 0.313. The molecule has 3 saturated heterocycles. The Morgan fingerprint density at radius 2 is 2.10 bits per heavy atom. The maximum Gasteiger partial charge on any atom is 0.0558 e. The van der Waals surface area contributed by atoms with Crippen molar-refractivity contribution in [3.63, 3.8) is 0 Å². The molecule has 0 aromatic carbocycles. The molecule has 2 unspecified atom stereocenters. The Hall–Kier alpha value is -0.120. The number of piperazine rings is 1. The van der Waals surface area contributed by atoms with E-state index < -0.39 is 0 Å². The van der Waals surface area contributed by atoms with Crippen molar-refractivity contribution in [1.29, 1.82) is 0 Å². The highest BCUT2D eigenvalue weighted by Crippen LogP contribution is 2.27. The van der Waals surface area contributed by atoms with Crippen molar-refractivity contribution in [3.8, 4) is 0 Å². The van der Waals surface area contributed by atoms with Crippen LogP contribution in [0.25, 0.3) is 0 Å². The Balaban J connectivity index is 1.87. The van der Waals surface area contributed by atoms with Crippen molar-refractivity contribution < 1.29 is 5.11 Å². The zero-order valence-corrected chi connectivity index (χ0v) is 6.08. The highest BCUT2D eigenvalue weighted by molar-refractivity contribution is 4.98. The van der Waals surface area contributed by atoms with Gasteiger partial charge in [-0.25, -0.2) is 0 Å². The topological polar surface area (TPSA) is 35.5 Å². The summed E-state index contributed by atoms with van der Waals surface area (Å²) in [6, 6.07) is 1.46. The van der Waals surface area contributed by atoms with E-state index in [1.54, 1.807) is 0 Å². The molecule has 0 aromatic rings. The standard InChI is InChI=1S/C7H14N2O/c10-2-1-9-6-3-7(9)5-8-4-6/h6-8,10H,1-5H2. The van der Waals surface area contributed by atoms with Crippen LogP contribution in [0.2, 0.25) is 0 Å². The summed E-state index contributed by atoms with van der Waals surface area (Å²) in [7, 11) is 0. The lowest BCUT2D eigenvalue weighted by Crippen LogP contribution is -2.68. The highest BCUT2D eigenvalue weighted by atomic mass is 16.3. The fourth-order valence-corrected chi connectivity index (χ4v) is 2.04. The number of aliphatic hydroxyl groups excluding tert-OH is 1. The van der Waals surface area contributed by atoms with Crippen molar-refractivity contribution in [2.24, 2.45) is 0 Å². The Morgan fingerprint density at radius 1 is 1.40 bits per heavy atom. The van der Waals surface area contributed by atoms with Gasteiger partial charge in [0.1, 0.15) is 0 Å². The molecule has 0 aliphatic carbocycles. The molecule has 3 aliphatic rings. The van der Waals surface area contributed by atoms with Crippen molar-refractivity contribution >= 4 is 0 Å². The zero-order chi connectivity index (χ0) is 6.97. The maximum absolute atomic E-state index is 8.69. The summed E-state index contributed by atoms with van der Waals surface area (Å²) in [6.45, 7) is 3.43. The average molecular weight is 142 g/mol. The van der Waals surface area contributed by atoms with E-state index in [0.29, 0.717) is 6.61 Å². The number of fused-ring (bicyclic) bond motifs is 2. The molecule has 3 fully saturated rings. The summed E-state index contributed by atoms with van der Waals surface area (Å²) in [5.74, 6) is 0. The van der Waals surface area contributed by atoms with Crippen LogP contribution in [0.4, 0.5) is 0 Å². The molecule has 2 bridgehead atoms. The molecule has 2 atom stereocenters. The van der Waals surface area contributed by atoms with Crippen molar-refractivity contribution in [2.75, 3.05) is 26.2 Å². The van der Waals surface area contributed by atoms with Crippen molar-refractivity contribution in [2.45, 2.75) is 18.5 Å². The van der Waals surface area contributed by atoms with E-state index in [4.69, 9.17) is 5.11 Å². The molecule has 10 heavy (non-hydrogen) atoms. The summed E-state index contributed by atoms with van der Waals surface area (Å²) in [5.41, 5.74) is 0. The average Bonchev–Trinajstić information content (AvgIpc) is 2.01. The van der Waals surface area contributed by atoms with E-state index in [-0.39, 0.29) is 0 Å². The molecule has 0 saturated carbocycles. The van der Waals surface area contributed by atoms with Gasteiger partial charge in [0.05, 0.1) is 6.61 Å². The van der Waals surface area contributed by atoms with E-state index >= 15 is 0 Å². The number of piperidine rings is 1. The summed E-state index contributed by atoms with van der Waals surface area (Å²) in [6.07, 6.45) is 1.34. The van der Waals surface area contributed by atoms with Gasteiger partial charge in [0, 0.05) is 31.7 Å². The molecule has 2 N–H and O–H groups in total. The molecular weight excluding hydrogens is 128 g/mol. The lowest BCUT2D eigenvalue weighted by molar-refractivity contribution is -0.0235. The van der Waals surface area contributed by atoms with Crippen LogP contribution in [-0.2, 0) is 0 Å². The molecule has 0 spiro atoms. The molecule has 3 rings (SSSR count). The van der Waals surface area contributed by atoms with Gasteiger partial charge in [-0.3, -0.25) is 4.90 Å². The first-order valence-electron chi connectivity index (χ1n) is 3.99. The smallest absolute Gasteiger partial charge is 0.0558 e. The molecule has 0 radical (unpaired) electrons. The lowest BCUT2D eigenvalue weighted by Gasteiger charge is -2.53. The number of hydrogen-bond donors (Lipinski definition) is 2. The number of nitrogens with zero attached hydrogens (tertiary/aromatic N) is 1. The Labute approximate surface area is 61.0 Å². The SMILES string of the molecule is OCCN1C2CNCC1C2. The van der Waals surface area contributed by atoms with Crippen LogP contribution >= 0.6 is 0 Å². The van der Waals surface area contributed by atoms with Crippen molar-refractivity contribution in [3.05, 3.63) is 0 Å². The van der Waals surface area contributed by atoms with E-state index in [2.05, 4.69) is 10.2 Å². The second-order valence-corrected chi connectivity index (χ2v) is 3.16. The minimum Gasteiger partial charge on any atom is -0.395 e. The zero-order valence-electron chi connectivity index (χ0n) is 6.08. The lowest BCUT2D eigenvalue weighted by atomic mass is 9.89. The van der Waals surface area contributed by atoms with Gasteiger partial charge in [0.25, 0.3) is 0 Å². The largest absolute Gasteiger partial charge is 0.395 e. The summed E-state index contributed by atoms with van der Waals surface area (Å²) in [4.78, 5) is 2.40. The molecule has 0 amide bonds. The first-order valence-corrected chi connectivity index (χ1v) is 3.99. The van der Waals surface area contributed by atoms with Crippen LogP contribution in [-0.4, -0.2) is 48.3 Å². The van der Waals surface area contributed by atoms with Crippen LogP contribution in [0.3, 0.4) is 0 Å². The third kappa shape index (κ3) is 0.856. The molecule has 3 nitrogen and oxygen atoms in total. The van der Waals surface area contributed by atoms with Gasteiger partial charge in [-0.05, 0) is 6.42 Å². The van der Waals surface area contributed by atoms with Gasteiger partial charge < -0.3 is 10.4 Å². The number of hydrogen-bond acceptors (Lipinski definition) is 3. The van der Waals surface area contributed by atoms with E-state index in [9.17, 15) is 0 Å². The van der Waals surface area contributed by atoms with Crippen LogP contribution in [0, 0.1) is 0 Å². The molecule has 3 heterocycles. The summed E-state index contributed by atoms with van der Waals surface area (Å²) in [5, 5.41) is 12.0. The second kappa shape index (κ2) is 2.49. The quantitative estimate of drug-likeness (QED) is 0.520. The third-order valence-electron chi connectivity index (χ3n) is 2.60. The normalized spacial score (nSPS) is 39.3.